The molecule has 0 spiro atoms. The Bertz CT molecular complexity index is 942. The first kappa shape index (κ1) is 16.0. The normalized spacial score (nSPS) is 11.7. The highest BCUT2D eigenvalue weighted by atomic mass is 32.1. The average molecular weight is 336 g/mol. The number of fused-ring (bicyclic) bond motifs is 1. The zero-order valence-corrected chi connectivity index (χ0v) is 14.1. The molecule has 2 aromatic carbocycles. The van der Waals surface area contributed by atoms with E-state index in [1.54, 1.807) is 42.5 Å². The molecule has 0 saturated carbocycles. The number of nitrogens with one attached hydrogen (secondary N) is 2. The van der Waals surface area contributed by atoms with Crippen molar-refractivity contribution >= 4 is 38.8 Å². The Morgan fingerprint density at radius 3 is 2.88 bits per heavy atom. The number of hydrogen-bond donors (Lipinski definition) is 2. The van der Waals surface area contributed by atoms with Gasteiger partial charge >= 0.3 is 0 Å². The fourth-order valence-corrected chi connectivity index (χ4v) is 3.24. The Labute approximate surface area is 144 Å². The molecule has 0 bridgehead atoms. The molecule has 0 aliphatic rings. The maximum atomic E-state index is 12.4. The van der Waals surface area contributed by atoms with Crippen LogP contribution in [0, 0.1) is 18.3 Å². The summed E-state index contributed by atoms with van der Waals surface area (Å²) in [6, 6.07) is 14.4. The molecule has 24 heavy (non-hydrogen) atoms. The van der Waals surface area contributed by atoms with Crippen LogP contribution in [-0.4, -0.2) is 16.9 Å². The smallest absolute Gasteiger partial charge is 0.246 e. The minimum absolute atomic E-state index is 0.196. The number of carbonyl (C=O) groups is 1. The number of hydrogen-bond acceptors (Lipinski definition) is 5. The van der Waals surface area contributed by atoms with E-state index in [0.717, 1.165) is 20.9 Å². The van der Waals surface area contributed by atoms with E-state index in [4.69, 9.17) is 5.26 Å². The summed E-state index contributed by atoms with van der Waals surface area (Å²) in [5.41, 5.74) is 2.79. The second kappa shape index (κ2) is 6.69. The highest BCUT2D eigenvalue weighted by molar-refractivity contribution is 7.18. The topological polar surface area (TPSA) is 77.8 Å². The lowest BCUT2D eigenvalue weighted by Gasteiger charge is -2.15. The van der Waals surface area contributed by atoms with E-state index >= 15 is 0 Å². The van der Waals surface area contributed by atoms with Gasteiger partial charge in [0.2, 0.25) is 5.91 Å². The molecule has 1 heterocycles. The van der Waals surface area contributed by atoms with Crippen LogP contribution < -0.4 is 10.6 Å². The predicted octanol–water partition coefficient (Wildman–Crippen LogP) is 3.92. The third-order valence-electron chi connectivity index (χ3n) is 3.58. The molecule has 3 aromatic rings. The van der Waals surface area contributed by atoms with Crippen molar-refractivity contribution < 1.29 is 4.79 Å². The molecule has 120 valence electrons. The van der Waals surface area contributed by atoms with Crippen LogP contribution in [0.2, 0.25) is 0 Å². The number of para-hydroxylation sites is 1. The third kappa shape index (κ3) is 3.36. The average Bonchev–Trinajstić information content (AvgIpc) is 2.94. The first-order valence-electron chi connectivity index (χ1n) is 7.50. The SMILES string of the molecule is Cc1nc2ccc(N[C@H](C)C(=O)Nc3ccccc3C#N)cc2s1. The van der Waals surface area contributed by atoms with Crippen LogP contribution in [0.3, 0.4) is 0 Å². The largest absolute Gasteiger partial charge is 0.374 e. The number of amides is 1. The maximum Gasteiger partial charge on any atom is 0.246 e. The van der Waals surface area contributed by atoms with Gasteiger partial charge in [-0.15, -0.1) is 11.3 Å². The second-order valence-corrected chi connectivity index (χ2v) is 6.66. The van der Waals surface area contributed by atoms with Crippen molar-refractivity contribution in [1.82, 2.24) is 4.98 Å². The number of nitrogens with zero attached hydrogens (tertiary/aromatic N) is 2. The van der Waals surface area contributed by atoms with Gasteiger partial charge in [0, 0.05) is 5.69 Å². The molecule has 3 rings (SSSR count). The molecule has 0 aliphatic heterocycles. The first-order valence-corrected chi connectivity index (χ1v) is 8.32. The van der Waals surface area contributed by atoms with E-state index in [1.165, 1.54) is 0 Å². The van der Waals surface area contributed by atoms with E-state index in [2.05, 4.69) is 21.7 Å². The van der Waals surface area contributed by atoms with Crippen molar-refractivity contribution in [3.63, 3.8) is 0 Å². The van der Waals surface area contributed by atoms with Crippen LogP contribution in [0.15, 0.2) is 42.5 Å². The number of aryl methyl sites for hydroxylation is 1. The summed E-state index contributed by atoms with van der Waals surface area (Å²) in [6.45, 7) is 3.76. The lowest BCUT2D eigenvalue weighted by Crippen LogP contribution is -2.32. The predicted molar refractivity (Wildman–Crippen MR) is 97.2 cm³/mol. The van der Waals surface area contributed by atoms with E-state index in [1.807, 2.05) is 25.1 Å². The number of carbonyl (C=O) groups excluding carboxylic acids is 1. The lowest BCUT2D eigenvalue weighted by molar-refractivity contribution is -0.116. The molecule has 0 fully saturated rings. The van der Waals surface area contributed by atoms with Crippen LogP contribution in [0.5, 0.6) is 0 Å². The number of aromatic nitrogens is 1. The molecule has 0 saturated heterocycles. The highest BCUT2D eigenvalue weighted by Crippen LogP contribution is 2.25. The monoisotopic (exact) mass is 336 g/mol. The molecular formula is C18H16N4OS. The number of benzene rings is 2. The minimum atomic E-state index is -0.441. The number of thiazole rings is 1. The van der Waals surface area contributed by atoms with Crippen molar-refractivity contribution in [2.45, 2.75) is 19.9 Å². The summed E-state index contributed by atoms with van der Waals surface area (Å²) in [7, 11) is 0. The Kier molecular flexibility index (Phi) is 4.45. The summed E-state index contributed by atoms with van der Waals surface area (Å²) in [5, 5.41) is 16.1. The Morgan fingerprint density at radius 1 is 1.29 bits per heavy atom. The quantitative estimate of drug-likeness (QED) is 0.757. The summed E-state index contributed by atoms with van der Waals surface area (Å²) in [6.07, 6.45) is 0. The summed E-state index contributed by atoms with van der Waals surface area (Å²) < 4.78 is 1.08. The van der Waals surface area contributed by atoms with Gasteiger partial charge in [-0.25, -0.2) is 4.98 Å². The standard InChI is InChI=1S/C18H16N4OS/c1-11(18(23)22-15-6-4-3-5-13(15)10-19)20-14-7-8-16-17(9-14)24-12(2)21-16/h3-9,11,20H,1-2H3,(H,22,23)/t11-/m1/s1. The first-order chi connectivity index (χ1) is 11.6. The molecule has 0 radical (unpaired) electrons. The molecule has 5 nitrogen and oxygen atoms in total. The van der Waals surface area contributed by atoms with Crippen LogP contribution in [0.25, 0.3) is 10.2 Å². The van der Waals surface area contributed by atoms with Crippen LogP contribution in [-0.2, 0) is 4.79 Å². The number of rotatable bonds is 4. The molecule has 0 aliphatic carbocycles. The van der Waals surface area contributed by atoms with Crippen LogP contribution in [0.4, 0.5) is 11.4 Å². The van der Waals surface area contributed by atoms with Crippen LogP contribution >= 0.6 is 11.3 Å². The lowest BCUT2D eigenvalue weighted by atomic mass is 10.2. The summed E-state index contributed by atoms with van der Waals surface area (Å²) in [5.74, 6) is -0.196. The Balaban J connectivity index is 1.72. The van der Waals surface area contributed by atoms with Crippen molar-refractivity contribution in [3.8, 4) is 6.07 Å². The van der Waals surface area contributed by atoms with Gasteiger partial charge in [-0.05, 0) is 44.2 Å². The number of anilines is 2. The van der Waals surface area contributed by atoms with Gasteiger partial charge in [0.25, 0.3) is 0 Å². The molecule has 1 atom stereocenters. The molecule has 2 N–H and O–H groups in total. The van der Waals surface area contributed by atoms with E-state index in [-0.39, 0.29) is 5.91 Å². The zero-order valence-electron chi connectivity index (χ0n) is 13.3. The van der Waals surface area contributed by atoms with Crippen LogP contribution in [0.1, 0.15) is 17.5 Å². The summed E-state index contributed by atoms with van der Waals surface area (Å²) in [4.78, 5) is 16.8. The molecule has 1 amide bonds. The van der Waals surface area contributed by atoms with Gasteiger partial charge in [-0.3, -0.25) is 4.79 Å². The highest BCUT2D eigenvalue weighted by Gasteiger charge is 2.14. The van der Waals surface area contributed by atoms with Gasteiger partial charge < -0.3 is 10.6 Å². The molecule has 6 heteroatoms. The molecule has 0 unspecified atom stereocenters. The van der Waals surface area contributed by atoms with Gasteiger partial charge in [0.05, 0.1) is 26.5 Å². The van der Waals surface area contributed by atoms with Gasteiger partial charge in [-0.2, -0.15) is 5.26 Å². The fourth-order valence-electron chi connectivity index (χ4n) is 2.38. The Morgan fingerprint density at radius 2 is 2.08 bits per heavy atom. The van der Waals surface area contributed by atoms with Crippen molar-refractivity contribution in [3.05, 3.63) is 53.0 Å². The Hall–Kier alpha value is -2.91. The van der Waals surface area contributed by atoms with Gasteiger partial charge in [0.15, 0.2) is 0 Å². The van der Waals surface area contributed by atoms with E-state index in [0.29, 0.717) is 11.3 Å². The van der Waals surface area contributed by atoms with Gasteiger partial charge in [0.1, 0.15) is 12.1 Å². The van der Waals surface area contributed by atoms with Gasteiger partial charge in [-0.1, -0.05) is 12.1 Å². The fraction of sp³-hybridized carbons (Fsp3) is 0.167. The van der Waals surface area contributed by atoms with Crippen molar-refractivity contribution in [1.29, 1.82) is 5.26 Å². The van der Waals surface area contributed by atoms with E-state index in [9.17, 15) is 4.79 Å². The second-order valence-electron chi connectivity index (χ2n) is 5.43. The zero-order chi connectivity index (χ0) is 17.1. The van der Waals surface area contributed by atoms with E-state index < -0.39 is 6.04 Å². The van der Waals surface area contributed by atoms with Crippen molar-refractivity contribution in [2.75, 3.05) is 10.6 Å². The molecule has 1 aromatic heterocycles. The third-order valence-corrected chi connectivity index (χ3v) is 4.51. The summed E-state index contributed by atoms with van der Waals surface area (Å²) >= 11 is 1.62. The van der Waals surface area contributed by atoms with Crippen molar-refractivity contribution in [2.24, 2.45) is 0 Å². The number of nitriles is 1. The molecular weight excluding hydrogens is 320 g/mol. The minimum Gasteiger partial charge on any atom is -0.374 e. The maximum absolute atomic E-state index is 12.4.